The van der Waals surface area contributed by atoms with Crippen LogP contribution in [0.2, 0.25) is 0 Å². The van der Waals surface area contributed by atoms with Gasteiger partial charge in [-0.3, -0.25) is 24.0 Å². The second-order valence-corrected chi connectivity index (χ2v) is 14.8. The number of thiophene rings is 1. The average Bonchev–Trinajstić information content (AvgIpc) is 3.75. The Balaban J connectivity index is 1.07. The summed E-state index contributed by atoms with van der Waals surface area (Å²) < 4.78 is 13.3. The van der Waals surface area contributed by atoms with E-state index in [2.05, 4.69) is 16.0 Å². The number of hydrogen-bond acceptors (Lipinski definition) is 8. The van der Waals surface area contributed by atoms with Gasteiger partial charge in [0.15, 0.2) is 0 Å². The highest BCUT2D eigenvalue weighted by Gasteiger charge is 2.29. The van der Waals surface area contributed by atoms with E-state index in [9.17, 15) is 24.0 Å². The van der Waals surface area contributed by atoms with Gasteiger partial charge in [0, 0.05) is 43.7 Å². The normalized spacial score (nSPS) is 15.5. The summed E-state index contributed by atoms with van der Waals surface area (Å²) in [7, 11) is 0. The molecule has 0 saturated heterocycles. The maximum Gasteiger partial charge on any atom is 0.305 e. The lowest BCUT2D eigenvalue weighted by atomic mass is 9.85. The lowest BCUT2D eigenvalue weighted by Gasteiger charge is -2.28. The third-order valence-corrected chi connectivity index (χ3v) is 10.5. The Labute approximate surface area is 322 Å². The van der Waals surface area contributed by atoms with Gasteiger partial charge >= 0.3 is 5.97 Å². The molecule has 2 heterocycles. The monoisotopic (exact) mass is 767 g/mol. The topological polar surface area (TPSA) is 168 Å². The predicted molar refractivity (Wildman–Crippen MR) is 210 cm³/mol. The number of carbonyl (C=O) groups is 5. The second-order valence-electron chi connectivity index (χ2n) is 13.8. The first kappa shape index (κ1) is 42.5. The number of aliphatic carboxylic acids is 1. The van der Waals surface area contributed by atoms with Gasteiger partial charge in [0.2, 0.25) is 17.7 Å². The number of amides is 4. The molecule has 0 spiro atoms. The van der Waals surface area contributed by atoms with Gasteiger partial charge in [-0.05, 0) is 87.6 Å². The number of aryl methyl sites for hydroxylation is 1. The van der Waals surface area contributed by atoms with Crippen LogP contribution in [0, 0.1) is 12.8 Å². The number of unbranched alkanes of at least 4 members (excludes halogenated alkanes) is 4. The number of likely N-dealkylation sites (N-methyl/N-ethyl adjacent to an activating group) is 1. The van der Waals surface area contributed by atoms with E-state index in [0.29, 0.717) is 64.4 Å². The number of carboxylic acid groups (broad SMARTS) is 1. The molecule has 14 heteroatoms. The number of ether oxygens (including phenoxy) is 2. The quantitative estimate of drug-likeness (QED) is 0.0876. The number of hydrogen-bond donors (Lipinski definition) is 4. The fraction of sp³-hybridized carbons (Fsp3) is 0.575. The predicted octanol–water partition coefficient (Wildman–Crippen LogP) is 5.43. The van der Waals surface area contributed by atoms with Gasteiger partial charge in [-0.1, -0.05) is 31.4 Å². The number of carbonyl (C=O) groups excluding carboxylic acids is 4. The summed E-state index contributed by atoms with van der Waals surface area (Å²) in [6, 6.07) is 11.7. The minimum absolute atomic E-state index is 0.00294. The minimum Gasteiger partial charge on any atom is -0.481 e. The fourth-order valence-electron chi connectivity index (χ4n) is 6.74. The van der Waals surface area contributed by atoms with Crippen molar-refractivity contribution in [2.45, 2.75) is 97.1 Å². The maximum absolute atomic E-state index is 13.6. The highest BCUT2D eigenvalue weighted by atomic mass is 32.1. The van der Waals surface area contributed by atoms with Crippen LogP contribution in [0.25, 0.3) is 10.2 Å². The van der Waals surface area contributed by atoms with Gasteiger partial charge in [0.25, 0.3) is 5.91 Å². The van der Waals surface area contributed by atoms with Crippen LogP contribution >= 0.6 is 11.3 Å². The number of rotatable bonds is 24. The number of nitrogens with zero attached hydrogens (tertiary/aromatic N) is 2. The molecule has 1 aliphatic carbocycles. The lowest BCUT2D eigenvalue weighted by molar-refractivity contribution is -0.138. The Hall–Kier alpha value is -4.27. The van der Waals surface area contributed by atoms with E-state index in [4.69, 9.17) is 14.6 Å². The molecule has 3 aromatic rings. The van der Waals surface area contributed by atoms with E-state index in [1.165, 1.54) is 0 Å². The molecular weight excluding hydrogens is 711 g/mol. The summed E-state index contributed by atoms with van der Waals surface area (Å²) in [5.41, 5.74) is 3.27. The maximum atomic E-state index is 13.6. The molecular formula is C40H57N5O8S. The molecule has 4 rings (SSSR count). The van der Waals surface area contributed by atoms with E-state index in [0.717, 1.165) is 66.4 Å². The zero-order valence-corrected chi connectivity index (χ0v) is 32.6. The zero-order valence-electron chi connectivity index (χ0n) is 31.7. The summed E-state index contributed by atoms with van der Waals surface area (Å²) in [5, 5.41) is 19.6. The Morgan fingerprint density at radius 1 is 0.870 bits per heavy atom. The van der Waals surface area contributed by atoms with Gasteiger partial charge < -0.3 is 40.0 Å². The van der Waals surface area contributed by atoms with Gasteiger partial charge in [0.1, 0.15) is 12.2 Å². The fourth-order valence-corrected chi connectivity index (χ4v) is 7.57. The molecule has 0 unspecified atom stereocenters. The number of benzene rings is 1. The Kier molecular flexibility index (Phi) is 18.0. The van der Waals surface area contributed by atoms with Crippen molar-refractivity contribution in [3.63, 3.8) is 0 Å². The molecule has 0 atom stereocenters. The molecule has 1 saturated carbocycles. The van der Waals surface area contributed by atoms with E-state index in [1.807, 2.05) is 60.2 Å². The van der Waals surface area contributed by atoms with Gasteiger partial charge in [0.05, 0.1) is 43.1 Å². The summed E-state index contributed by atoms with van der Waals surface area (Å²) in [4.78, 5) is 64.2. The van der Waals surface area contributed by atoms with Crippen molar-refractivity contribution in [2.75, 3.05) is 51.0 Å². The SMILES string of the molecule is CCN(C(=O)Cn1c(C(=O)NC2CCC(C(=O)NCCCCCCCC(=O)NCCOCCOCCC(=O)O)CC2)cc2sccc21)c1cccc(C)c1. The average molecular weight is 768 g/mol. The zero-order chi connectivity index (χ0) is 38.7. The largest absolute Gasteiger partial charge is 0.481 e. The first-order valence-corrected chi connectivity index (χ1v) is 20.2. The molecule has 1 aliphatic rings. The highest BCUT2D eigenvalue weighted by molar-refractivity contribution is 7.17. The van der Waals surface area contributed by atoms with Gasteiger partial charge in [-0.2, -0.15) is 0 Å². The third-order valence-electron chi connectivity index (χ3n) is 9.69. The number of carboxylic acids is 1. The molecule has 0 radical (unpaired) electrons. The standard InChI is InChI=1S/C40H57N5O8S/c1-3-44(32-11-9-10-29(2)26-32)37(47)28-45-33-18-25-54-35(33)27-34(45)40(51)43-31-15-13-30(14-16-31)39(50)42-19-8-6-4-5-7-12-36(46)41-20-22-53-24-23-52-21-17-38(48)49/h9-11,18,25-27,30-31H,3-8,12-17,19-24,28H2,1-2H3,(H,41,46)(H,42,50)(H,43,51)(H,48,49). The van der Waals surface area contributed by atoms with Crippen LogP contribution in [0.1, 0.15) is 93.6 Å². The smallest absolute Gasteiger partial charge is 0.305 e. The number of nitrogens with one attached hydrogen (secondary N) is 3. The van der Waals surface area contributed by atoms with Crippen molar-refractivity contribution in [1.82, 2.24) is 20.5 Å². The number of aromatic nitrogens is 1. The van der Waals surface area contributed by atoms with Crippen LogP contribution in [0.3, 0.4) is 0 Å². The number of fused-ring (bicyclic) bond motifs is 1. The van der Waals surface area contributed by atoms with Crippen molar-refractivity contribution in [3.05, 3.63) is 53.0 Å². The third kappa shape index (κ3) is 13.9. The van der Waals surface area contributed by atoms with Crippen molar-refractivity contribution < 1.29 is 38.6 Å². The summed E-state index contributed by atoms with van der Waals surface area (Å²) in [6.07, 6.45) is 7.94. The molecule has 13 nitrogen and oxygen atoms in total. The molecule has 4 N–H and O–H groups in total. The summed E-state index contributed by atoms with van der Waals surface area (Å²) >= 11 is 1.55. The van der Waals surface area contributed by atoms with Crippen LogP contribution in [0.5, 0.6) is 0 Å². The van der Waals surface area contributed by atoms with Crippen molar-refractivity contribution in [3.8, 4) is 0 Å². The Bertz CT molecular complexity index is 1660. The van der Waals surface area contributed by atoms with Gasteiger partial charge in [-0.15, -0.1) is 11.3 Å². The number of anilines is 1. The van der Waals surface area contributed by atoms with E-state index in [1.54, 1.807) is 16.2 Å². The van der Waals surface area contributed by atoms with Gasteiger partial charge in [-0.25, -0.2) is 0 Å². The Morgan fingerprint density at radius 2 is 1.61 bits per heavy atom. The van der Waals surface area contributed by atoms with Crippen LogP contribution in [-0.4, -0.2) is 91.4 Å². The first-order chi connectivity index (χ1) is 26.2. The molecule has 54 heavy (non-hydrogen) atoms. The van der Waals surface area contributed by atoms with Crippen molar-refractivity contribution in [1.29, 1.82) is 0 Å². The van der Waals surface area contributed by atoms with Crippen molar-refractivity contribution >= 4 is 56.8 Å². The first-order valence-electron chi connectivity index (χ1n) is 19.3. The summed E-state index contributed by atoms with van der Waals surface area (Å²) in [6.45, 7) is 6.81. The summed E-state index contributed by atoms with van der Waals surface area (Å²) in [5.74, 6) is -1.16. The van der Waals surface area contributed by atoms with E-state index < -0.39 is 5.97 Å². The van der Waals surface area contributed by atoms with Crippen LogP contribution in [-0.2, 0) is 35.2 Å². The van der Waals surface area contributed by atoms with Crippen LogP contribution in [0.4, 0.5) is 5.69 Å². The van der Waals surface area contributed by atoms with Crippen LogP contribution in [0.15, 0.2) is 41.8 Å². The minimum atomic E-state index is -0.895. The van der Waals surface area contributed by atoms with E-state index >= 15 is 0 Å². The van der Waals surface area contributed by atoms with Crippen molar-refractivity contribution in [2.24, 2.45) is 5.92 Å². The van der Waals surface area contributed by atoms with E-state index in [-0.39, 0.29) is 55.2 Å². The molecule has 296 valence electrons. The highest BCUT2D eigenvalue weighted by Crippen LogP contribution is 2.28. The molecule has 0 aliphatic heterocycles. The Morgan fingerprint density at radius 3 is 2.35 bits per heavy atom. The molecule has 1 aromatic carbocycles. The molecule has 4 amide bonds. The molecule has 2 aromatic heterocycles. The molecule has 0 bridgehead atoms. The second kappa shape index (κ2) is 22.8. The van der Waals surface area contributed by atoms with Crippen LogP contribution < -0.4 is 20.9 Å². The molecule has 1 fully saturated rings. The lowest BCUT2D eigenvalue weighted by Crippen LogP contribution is -2.42.